The highest BCUT2D eigenvalue weighted by Crippen LogP contribution is 2.18. The highest BCUT2D eigenvalue weighted by Gasteiger charge is 2.11. The van der Waals surface area contributed by atoms with Crippen LogP contribution in [0.3, 0.4) is 0 Å². The second-order valence-electron chi connectivity index (χ2n) is 5.71. The van der Waals surface area contributed by atoms with Crippen molar-refractivity contribution in [3.8, 4) is 0 Å². The summed E-state index contributed by atoms with van der Waals surface area (Å²) >= 11 is 0. The lowest BCUT2D eigenvalue weighted by Gasteiger charge is -2.21. The van der Waals surface area contributed by atoms with E-state index in [2.05, 4.69) is 26.1 Å². The zero-order valence-electron chi connectivity index (χ0n) is 13.8. The van der Waals surface area contributed by atoms with Crippen LogP contribution in [-0.4, -0.2) is 18.6 Å². The van der Waals surface area contributed by atoms with Crippen molar-refractivity contribution in [3.63, 3.8) is 0 Å². The minimum Gasteiger partial charge on any atom is -0.462 e. The third-order valence-electron chi connectivity index (χ3n) is 3.81. The van der Waals surface area contributed by atoms with Gasteiger partial charge in [0.15, 0.2) is 0 Å². The minimum absolute atomic E-state index is 0.241. The minimum atomic E-state index is -0.241. The van der Waals surface area contributed by atoms with Crippen LogP contribution in [0.25, 0.3) is 0 Å². The number of ether oxygens (including phenoxy) is 1. The molecule has 1 aromatic carbocycles. The molecule has 0 heterocycles. The van der Waals surface area contributed by atoms with Gasteiger partial charge in [0.25, 0.3) is 0 Å². The molecule has 3 nitrogen and oxygen atoms in total. The van der Waals surface area contributed by atoms with Crippen LogP contribution in [0.5, 0.6) is 0 Å². The Bertz CT molecular complexity index is 414. The molecule has 0 aromatic heterocycles. The van der Waals surface area contributed by atoms with Crippen molar-refractivity contribution in [1.29, 1.82) is 0 Å². The molecule has 118 valence electrons. The summed E-state index contributed by atoms with van der Waals surface area (Å²) in [5.74, 6) is 0.487. The van der Waals surface area contributed by atoms with Crippen LogP contribution in [0.4, 0.5) is 5.69 Å². The molecule has 0 saturated carbocycles. The number of nitrogens with one attached hydrogen (secondary N) is 1. The number of hydrogen-bond acceptors (Lipinski definition) is 3. The summed E-state index contributed by atoms with van der Waals surface area (Å²) in [5.41, 5.74) is 1.68. The van der Waals surface area contributed by atoms with Crippen LogP contribution in [-0.2, 0) is 4.74 Å². The summed E-state index contributed by atoms with van der Waals surface area (Å²) in [6, 6.07) is 8.06. The molecule has 21 heavy (non-hydrogen) atoms. The number of carbonyl (C=O) groups excluding carboxylic acids is 1. The Kier molecular flexibility index (Phi) is 7.88. The lowest BCUT2D eigenvalue weighted by Crippen LogP contribution is -2.21. The molecule has 1 N–H and O–H groups in total. The Hall–Kier alpha value is -1.51. The van der Waals surface area contributed by atoms with Gasteiger partial charge in [-0.3, -0.25) is 0 Å². The Labute approximate surface area is 129 Å². The number of hydrogen-bond donors (Lipinski definition) is 1. The van der Waals surface area contributed by atoms with Gasteiger partial charge in [-0.15, -0.1) is 0 Å². The fraction of sp³-hybridized carbons (Fsp3) is 0.611. The number of esters is 1. The maximum Gasteiger partial charge on any atom is 0.338 e. The van der Waals surface area contributed by atoms with Gasteiger partial charge >= 0.3 is 5.97 Å². The molecule has 1 aromatic rings. The Morgan fingerprint density at radius 1 is 1.14 bits per heavy atom. The van der Waals surface area contributed by atoms with E-state index in [4.69, 9.17) is 4.74 Å². The van der Waals surface area contributed by atoms with Crippen molar-refractivity contribution in [1.82, 2.24) is 0 Å². The molecule has 0 aliphatic carbocycles. The van der Waals surface area contributed by atoms with Gasteiger partial charge in [0.05, 0.1) is 12.2 Å². The summed E-state index contributed by atoms with van der Waals surface area (Å²) in [5, 5.41) is 3.55. The van der Waals surface area contributed by atoms with Gasteiger partial charge in [-0.1, -0.05) is 34.1 Å². The van der Waals surface area contributed by atoms with Gasteiger partial charge in [0.1, 0.15) is 0 Å². The molecule has 0 amide bonds. The van der Waals surface area contributed by atoms with E-state index in [1.807, 2.05) is 31.2 Å². The molecule has 0 fully saturated rings. The number of rotatable bonds is 9. The van der Waals surface area contributed by atoms with Crippen molar-refractivity contribution in [2.75, 3.05) is 11.9 Å². The molecule has 3 heteroatoms. The van der Waals surface area contributed by atoms with Crippen molar-refractivity contribution < 1.29 is 9.53 Å². The third kappa shape index (κ3) is 6.19. The van der Waals surface area contributed by atoms with E-state index < -0.39 is 0 Å². The van der Waals surface area contributed by atoms with Crippen molar-refractivity contribution in [2.45, 2.75) is 59.4 Å². The predicted octanol–water partition coefficient (Wildman–Crippen LogP) is 4.88. The third-order valence-corrected chi connectivity index (χ3v) is 3.81. The first kappa shape index (κ1) is 17.5. The molecule has 0 bridgehead atoms. The zero-order valence-corrected chi connectivity index (χ0v) is 13.8. The summed E-state index contributed by atoms with van der Waals surface area (Å²) < 4.78 is 5.13. The molecule has 0 radical (unpaired) electrons. The largest absolute Gasteiger partial charge is 0.462 e. The SMILES string of the molecule is CCCOC(=O)c1ccc(NC(CC)CC(C)CC)cc1. The van der Waals surface area contributed by atoms with Crippen LogP contribution in [0, 0.1) is 5.92 Å². The second kappa shape index (κ2) is 9.43. The highest BCUT2D eigenvalue weighted by atomic mass is 16.5. The van der Waals surface area contributed by atoms with E-state index in [1.165, 1.54) is 12.8 Å². The normalized spacial score (nSPS) is 13.5. The smallest absolute Gasteiger partial charge is 0.338 e. The van der Waals surface area contributed by atoms with E-state index in [1.54, 1.807) is 0 Å². The summed E-state index contributed by atoms with van der Waals surface area (Å²) in [6.07, 6.45) is 4.33. The van der Waals surface area contributed by atoms with Gasteiger partial charge in [-0.2, -0.15) is 0 Å². The second-order valence-corrected chi connectivity index (χ2v) is 5.71. The number of carbonyl (C=O) groups is 1. The van der Waals surface area contributed by atoms with Gasteiger partial charge in [0, 0.05) is 11.7 Å². The Morgan fingerprint density at radius 2 is 1.81 bits per heavy atom. The van der Waals surface area contributed by atoms with E-state index >= 15 is 0 Å². The monoisotopic (exact) mass is 291 g/mol. The van der Waals surface area contributed by atoms with Crippen molar-refractivity contribution in [3.05, 3.63) is 29.8 Å². The fourth-order valence-electron chi connectivity index (χ4n) is 2.20. The quantitative estimate of drug-likeness (QED) is 0.659. The fourth-order valence-corrected chi connectivity index (χ4v) is 2.20. The van der Waals surface area contributed by atoms with E-state index in [-0.39, 0.29) is 5.97 Å². The summed E-state index contributed by atoms with van der Waals surface area (Å²) in [7, 11) is 0. The Balaban J connectivity index is 2.58. The van der Waals surface area contributed by atoms with Crippen LogP contribution in [0.1, 0.15) is 63.7 Å². The summed E-state index contributed by atoms with van der Waals surface area (Å²) in [6.45, 7) is 9.19. The molecule has 0 spiro atoms. The van der Waals surface area contributed by atoms with Gasteiger partial charge in [-0.25, -0.2) is 4.79 Å². The molecule has 1 rings (SSSR count). The van der Waals surface area contributed by atoms with Crippen molar-refractivity contribution >= 4 is 11.7 Å². The predicted molar refractivity (Wildman–Crippen MR) is 88.8 cm³/mol. The lowest BCUT2D eigenvalue weighted by atomic mass is 9.97. The standard InChI is InChI=1S/C18H29NO2/c1-5-12-21-18(20)15-8-10-17(11-9-15)19-16(7-3)13-14(4)6-2/h8-11,14,16,19H,5-7,12-13H2,1-4H3. The molecule has 0 aliphatic heterocycles. The van der Waals surface area contributed by atoms with Gasteiger partial charge in [-0.05, 0) is 49.4 Å². The Morgan fingerprint density at radius 3 is 2.33 bits per heavy atom. The average Bonchev–Trinajstić information content (AvgIpc) is 2.52. The van der Waals surface area contributed by atoms with E-state index in [0.717, 1.165) is 24.4 Å². The number of anilines is 1. The molecular weight excluding hydrogens is 262 g/mol. The zero-order chi connectivity index (χ0) is 15.7. The molecule has 2 atom stereocenters. The highest BCUT2D eigenvalue weighted by molar-refractivity contribution is 5.89. The van der Waals surface area contributed by atoms with Crippen molar-refractivity contribution in [2.24, 2.45) is 5.92 Å². The first-order chi connectivity index (χ1) is 10.1. The van der Waals surface area contributed by atoms with Crippen LogP contribution >= 0.6 is 0 Å². The van der Waals surface area contributed by atoms with Crippen LogP contribution in [0.15, 0.2) is 24.3 Å². The molecule has 2 unspecified atom stereocenters. The average molecular weight is 291 g/mol. The molecular formula is C18H29NO2. The lowest BCUT2D eigenvalue weighted by molar-refractivity contribution is 0.0505. The maximum atomic E-state index is 11.7. The maximum absolute atomic E-state index is 11.7. The topological polar surface area (TPSA) is 38.3 Å². The number of benzene rings is 1. The van der Waals surface area contributed by atoms with Crippen LogP contribution < -0.4 is 5.32 Å². The van der Waals surface area contributed by atoms with E-state index in [0.29, 0.717) is 18.2 Å². The first-order valence-electron chi connectivity index (χ1n) is 8.14. The van der Waals surface area contributed by atoms with E-state index in [9.17, 15) is 4.79 Å². The molecule has 0 saturated heterocycles. The van der Waals surface area contributed by atoms with Crippen LogP contribution in [0.2, 0.25) is 0 Å². The summed E-state index contributed by atoms with van der Waals surface area (Å²) in [4.78, 5) is 11.7. The van der Waals surface area contributed by atoms with Gasteiger partial charge in [0.2, 0.25) is 0 Å². The first-order valence-corrected chi connectivity index (χ1v) is 8.14. The molecule has 0 aliphatic rings. The van der Waals surface area contributed by atoms with Gasteiger partial charge < -0.3 is 10.1 Å².